The molecule has 1 amide bonds. The number of hydrogen-bond acceptors (Lipinski definition) is 7. The van der Waals surface area contributed by atoms with E-state index in [0.29, 0.717) is 29.4 Å². The second-order valence-electron chi connectivity index (χ2n) is 7.13. The van der Waals surface area contributed by atoms with E-state index in [2.05, 4.69) is 0 Å². The van der Waals surface area contributed by atoms with Crippen LogP contribution >= 0.6 is 0 Å². The highest BCUT2D eigenvalue weighted by molar-refractivity contribution is 7.92. The van der Waals surface area contributed by atoms with Gasteiger partial charge in [-0.2, -0.15) is 0 Å². The van der Waals surface area contributed by atoms with Gasteiger partial charge in [0, 0.05) is 19.5 Å². The maximum atomic E-state index is 12.8. The molecule has 0 N–H and O–H groups in total. The molecule has 1 aliphatic rings. The number of carbonyl (C=O) groups is 1. The lowest BCUT2D eigenvalue weighted by Gasteiger charge is -2.38. The van der Waals surface area contributed by atoms with Crippen LogP contribution in [0.3, 0.4) is 0 Å². The van der Waals surface area contributed by atoms with Gasteiger partial charge in [0.25, 0.3) is 0 Å². The number of benzene rings is 2. The number of hydrogen-bond donors (Lipinski definition) is 0. The summed E-state index contributed by atoms with van der Waals surface area (Å²) >= 11 is 0. The second kappa shape index (κ2) is 9.47. The zero-order chi connectivity index (χ0) is 22.6. The van der Waals surface area contributed by atoms with Crippen molar-refractivity contribution in [3.05, 3.63) is 42.0 Å². The number of methoxy groups -OCH3 is 4. The van der Waals surface area contributed by atoms with Crippen LogP contribution in [0.2, 0.25) is 0 Å². The Bertz CT molecular complexity index is 1030. The predicted molar refractivity (Wildman–Crippen MR) is 115 cm³/mol. The standard InChI is InChI=1S/C22H27NO7S/c1-27-16-7-9-17(10-8-16)31(25,26)18-13-23(14-18)20(24)12-6-15-5-11-19(28-2)22(30-4)21(15)29-3/h5,7-11,18H,6,12-14H2,1-4H3. The average Bonchev–Trinajstić information content (AvgIpc) is 2.75. The van der Waals surface area contributed by atoms with Gasteiger partial charge in [-0.05, 0) is 42.3 Å². The second-order valence-corrected chi connectivity index (χ2v) is 9.36. The molecule has 0 bridgehead atoms. The molecule has 1 saturated heterocycles. The smallest absolute Gasteiger partial charge is 0.222 e. The molecule has 0 unspecified atom stereocenters. The fraction of sp³-hybridized carbons (Fsp3) is 0.409. The van der Waals surface area contributed by atoms with Crippen molar-refractivity contribution in [3.8, 4) is 23.0 Å². The first-order valence-corrected chi connectivity index (χ1v) is 11.3. The normalized spacial score (nSPS) is 14.0. The van der Waals surface area contributed by atoms with E-state index in [1.165, 1.54) is 33.5 Å². The van der Waals surface area contributed by atoms with Crippen molar-refractivity contribution in [1.82, 2.24) is 4.90 Å². The molecule has 0 aromatic heterocycles. The highest BCUT2D eigenvalue weighted by atomic mass is 32.2. The monoisotopic (exact) mass is 449 g/mol. The first-order valence-electron chi connectivity index (χ1n) is 9.79. The molecule has 0 atom stereocenters. The Morgan fingerprint density at radius 1 is 0.903 bits per heavy atom. The summed E-state index contributed by atoms with van der Waals surface area (Å²) in [6, 6.07) is 9.89. The van der Waals surface area contributed by atoms with E-state index >= 15 is 0 Å². The van der Waals surface area contributed by atoms with Gasteiger partial charge in [-0.25, -0.2) is 8.42 Å². The molecule has 8 nitrogen and oxygen atoms in total. The zero-order valence-corrected chi connectivity index (χ0v) is 18.9. The van der Waals surface area contributed by atoms with Crippen LogP contribution in [0.5, 0.6) is 23.0 Å². The Morgan fingerprint density at radius 3 is 2.10 bits per heavy atom. The van der Waals surface area contributed by atoms with Crippen molar-refractivity contribution in [2.24, 2.45) is 0 Å². The highest BCUT2D eigenvalue weighted by Gasteiger charge is 2.40. The number of aryl methyl sites for hydroxylation is 1. The van der Waals surface area contributed by atoms with Crippen LogP contribution in [0.4, 0.5) is 0 Å². The molecule has 0 radical (unpaired) electrons. The molecule has 9 heteroatoms. The van der Waals surface area contributed by atoms with Gasteiger partial charge in [0.2, 0.25) is 11.7 Å². The van der Waals surface area contributed by atoms with Gasteiger partial charge in [0.15, 0.2) is 21.3 Å². The van der Waals surface area contributed by atoms with Crippen molar-refractivity contribution >= 4 is 15.7 Å². The van der Waals surface area contributed by atoms with Crippen molar-refractivity contribution in [2.75, 3.05) is 41.5 Å². The van der Waals surface area contributed by atoms with Gasteiger partial charge in [-0.3, -0.25) is 4.79 Å². The molecule has 168 valence electrons. The molecule has 0 saturated carbocycles. The Hall–Kier alpha value is -2.94. The molecular weight excluding hydrogens is 422 g/mol. The van der Waals surface area contributed by atoms with E-state index < -0.39 is 15.1 Å². The van der Waals surface area contributed by atoms with Gasteiger partial charge < -0.3 is 23.8 Å². The lowest BCUT2D eigenvalue weighted by Crippen LogP contribution is -2.56. The maximum absolute atomic E-state index is 12.8. The summed E-state index contributed by atoms with van der Waals surface area (Å²) in [6.07, 6.45) is 0.676. The average molecular weight is 450 g/mol. The minimum absolute atomic E-state index is 0.0991. The van der Waals surface area contributed by atoms with Crippen molar-refractivity contribution < 1.29 is 32.2 Å². The SMILES string of the molecule is COc1ccc(S(=O)(=O)C2CN(C(=O)CCc3ccc(OC)c(OC)c3OC)C2)cc1. The number of rotatable bonds is 9. The van der Waals surface area contributed by atoms with E-state index in [1.54, 1.807) is 30.2 Å². The fourth-order valence-electron chi connectivity index (χ4n) is 3.56. The Kier molecular flexibility index (Phi) is 6.94. The third kappa shape index (κ3) is 4.56. The van der Waals surface area contributed by atoms with Gasteiger partial charge in [-0.15, -0.1) is 0 Å². The molecule has 1 heterocycles. The van der Waals surface area contributed by atoms with Crippen LogP contribution in [0.1, 0.15) is 12.0 Å². The van der Waals surface area contributed by atoms with E-state index in [-0.39, 0.29) is 30.3 Å². The number of amides is 1. The largest absolute Gasteiger partial charge is 0.497 e. The lowest BCUT2D eigenvalue weighted by atomic mass is 10.1. The minimum Gasteiger partial charge on any atom is -0.497 e. The van der Waals surface area contributed by atoms with E-state index in [9.17, 15) is 13.2 Å². The van der Waals surface area contributed by atoms with Gasteiger partial charge >= 0.3 is 0 Å². The van der Waals surface area contributed by atoms with Crippen molar-refractivity contribution in [3.63, 3.8) is 0 Å². The molecule has 2 aromatic carbocycles. The molecular formula is C22H27NO7S. The van der Waals surface area contributed by atoms with E-state index in [1.807, 2.05) is 6.07 Å². The predicted octanol–water partition coefficient (Wildman–Crippen LogP) is 2.34. The summed E-state index contributed by atoms with van der Waals surface area (Å²) in [7, 11) is 2.64. The van der Waals surface area contributed by atoms with Gasteiger partial charge in [0.1, 0.15) is 11.0 Å². The van der Waals surface area contributed by atoms with Crippen molar-refractivity contribution in [2.45, 2.75) is 23.0 Å². The quantitative estimate of drug-likeness (QED) is 0.580. The number of nitrogens with zero attached hydrogens (tertiary/aromatic N) is 1. The number of carbonyl (C=O) groups excluding carboxylic acids is 1. The molecule has 1 fully saturated rings. The van der Waals surface area contributed by atoms with Crippen LogP contribution in [-0.2, 0) is 21.1 Å². The Balaban J connectivity index is 1.60. The summed E-state index contributed by atoms with van der Waals surface area (Å²) in [6.45, 7) is 0.381. The first-order chi connectivity index (χ1) is 14.8. The molecule has 3 rings (SSSR count). The number of ether oxygens (including phenoxy) is 4. The summed E-state index contributed by atoms with van der Waals surface area (Å²) < 4.78 is 46.7. The van der Waals surface area contributed by atoms with Crippen LogP contribution in [0, 0.1) is 0 Å². The van der Waals surface area contributed by atoms with Gasteiger partial charge in [-0.1, -0.05) is 6.07 Å². The molecule has 1 aliphatic heterocycles. The van der Waals surface area contributed by atoms with E-state index in [0.717, 1.165) is 5.56 Å². The number of sulfone groups is 1. The summed E-state index contributed by atoms with van der Waals surface area (Å²) in [5.74, 6) is 2.04. The minimum atomic E-state index is -3.49. The molecule has 31 heavy (non-hydrogen) atoms. The van der Waals surface area contributed by atoms with Crippen LogP contribution in [0.15, 0.2) is 41.3 Å². The Labute approximate surface area is 182 Å². The van der Waals surface area contributed by atoms with Crippen LogP contribution in [0.25, 0.3) is 0 Å². The Morgan fingerprint density at radius 2 is 1.55 bits per heavy atom. The summed E-state index contributed by atoms with van der Waals surface area (Å²) in [5.41, 5.74) is 0.816. The summed E-state index contributed by atoms with van der Waals surface area (Å²) in [4.78, 5) is 14.4. The summed E-state index contributed by atoms with van der Waals surface area (Å²) in [5, 5.41) is -0.597. The van der Waals surface area contributed by atoms with Gasteiger partial charge in [0.05, 0.1) is 33.3 Å². The number of likely N-dealkylation sites (tertiary alicyclic amines) is 1. The fourth-order valence-corrected chi connectivity index (χ4v) is 5.21. The van der Waals surface area contributed by atoms with Crippen LogP contribution < -0.4 is 18.9 Å². The van der Waals surface area contributed by atoms with Crippen molar-refractivity contribution in [1.29, 1.82) is 0 Å². The zero-order valence-electron chi connectivity index (χ0n) is 18.1. The first kappa shape index (κ1) is 22.7. The lowest BCUT2D eigenvalue weighted by molar-refractivity contribution is -0.134. The maximum Gasteiger partial charge on any atom is 0.222 e. The van der Waals surface area contributed by atoms with E-state index in [4.69, 9.17) is 18.9 Å². The molecule has 2 aromatic rings. The third-order valence-electron chi connectivity index (χ3n) is 5.42. The molecule has 0 aliphatic carbocycles. The highest BCUT2D eigenvalue weighted by Crippen LogP contribution is 2.40. The molecule has 0 spiro atoms. The third-order valence-corrected chi connectivity index (χ3v) is 7.53. The topological polar surface area (TPSA) is 91.4 Å². The van der Waals surface area contributed by atoms with Crippen LogP contribution in [-0.4, -0.2) is 66.0 Å².